The van der Waals surface area contributed by atoms with Crippen LogP contribution in [0.15, 0.2) is 11.3 Å². The second kappa shape index (κ2) is 7.58. The molecule has 2 unspecified atom stereocenters. The molecule has 0 aromatic carbocycles. The van der Waals surface area contributed by atoms with Crippen LogP contribution in [-0.4, -0.2) is 57.3 Å². The van der Waals surface area contributed by atoms with E-state index >= 15 is 0 Å². The summed E-state index contributed by atoms with van der Waals surface area (Å²) in [6, 6.07) is 1.02. The van der Waals surface area contributed by atoms with Crippen LogP contribution in [0.2, 0.25) is 0 Å². The molecule has 0 bridgehead atoms. The number of likely N-dealkylation sites (tertiary alicyclic amines) is 1. The maximum Gasteiger partial charge on any atom is 0.191 e. The Morgan fingerprint density at radius 2 is 2.23 bits per heavy atom. The lowest BCUT2D eigenvalue weighted by atomic mass is 10.1. The summed E-state index contributed by atoms with van der Waals surface area (Å²) in [5.41, 5.74) is 0. The Kier molecular flexibility index (Phi) is 5.76. The van der Waals surface area contributed by atoms with Gasteiger partial charge in [0.1, 0.15) is 12.9 Å². The molecule has 22 heavy (non-hydrogen) atoms. The van der Waals surface area contributed by atoms with Crippen LogP contribution in [0.25, 0.3) is 0 Å². The van der Waals surface area contributed by atoms with Crippen molar-refractivity contribution >= 4 is 5.96 Å². The summed E-state index contributed by atoms with van der Waals surface area (Å²) in [4.78, 5) is 7.15. The smallest absolute Gasteiger partial charge is 0.191 e. The number of hydrogen-bond donors (Lipinski definition) is 2. The van der Waals surface area contributed by atoms with Gasteiger partial charge in [0.05, 0.1) is 0 Å². The van der Waals surface area contributed by atoms with E-state index in [1.54, 1.807) is 6.33 Å². The molecule has 2 N–H and O–H groups in total. The molecule has 1 aromatic heterocycles. The predicted octanol–water partition coefficient (Wildman–Crippen LogP) is 0.599. The maximum atomic E-state index is 4.64. The van der Waals surface area contributed by atoms with E-state index in [2.05, 4.69) is 58.4 Å². The molecular weight excluding hydrogens is 278 g/mol. The van der Waals surface area contributed by atoms with Crippen molar-refractivity contribution in [1.82, 2.24) is 30.3 Å². The average Bonchev–Trinajstić information content (AvgIpc) is 3.03. The van der Waals surface area contributed by atoms with Crippen LogP contribution in [0.1, 0.15) is 33.5 Å². The van der Waals surface area contributed by atoms with Crippen molar-refractivity contribution in [3.63, 3.8) is 0 Å². The molecule has 124 valence electrons. The van der Waals surface area contributed by atoms with Gasteiger partial charge in [-0.25, -0.2) is 4.99 Å². The number of guanidine groups is 1. The van der Waals surface area contributed by atoms with Gasteiger partial charge < -0.3 is 15.2 Å². The second-order valence-electron chi connectivity index (χ2n) is 6.33. The monoisotopic (exact) mass is 307 g/mol. The van der Waals surface area contributed by atoms with Crippen LogP contribution < -0.4 is 10.6 Å². The van der Waals surface area contributed by atoms with Gasteiger partial charge in [0, 0.05) is 38.8 Å². The molecule has 2 rings (SSSR count). The lowest BCUT2D eigenvalue weighted by Crippen LogP contribution is -2.46. The number of aliphatic imine (C=N–C) groups is 1. The average molecular weight is 307 g/mol. The van der Waals surface area contributed by atoms with Gasteiger partial charge in [-0.15, -0.1) is 10.2 Å². The Morgan fingerprint density at radius 1 is 1.45 bits per heavy atom. The molecule has 1 aliphatic heterocycles. The lowest BCUT2D eigenvalue weighted by molar-refractivity contribution is 0.265. The van der Waals surface area contributed by atoms with Gasteiger partial charge >= 0.3 is 0 Å². The molecule has 7 nitrogen and oxygen atoms in total. The maximum absolute atomic E-state index is 4.64. The standard InChI is InChI=1S/C15H29N7/c1-6-16-15(17-7-14-20-18-10-21(14)5)19-13-9-22(11(2)3)8-12(13)4/h10-13H,6-9H2,1-5H3,(H2,16,17,19). The van der Waals surface area contributed by atoms with Gasteiger partial charge in [-0.1, -0.05) is 6.92 Å². The van der Waals surface area contributed by atoms with Crippen molar-refractivity contribution in [3.05, 3.63) is 12.2 Å². The Balaban J connectivity index is 1.98. The predicted molar refractivity (Wildman–Crippen MR) is 88.6 cm³/mol. The fourth-order valence-electron chi connectivity index (χ4n) is 2.71. The van der Waals surface area contributed by atoms with Gasteiger partial charge in [0.25, 0.3) is 0 Å². The summed E-state index contributed by atoms with van der Waals surface area (Å²) < 4.78 is 1.89. The minimum absolute atomic E-state index is 0.430. The van der Waals surface area contributed by atoms with E-state index in [0.29, 0.717) is 24.5 Å². The van der Waals surface area contributed by atoms with Gasteiger partial charge in [0.2, 0.25) is 0 Å². The van der Waals surface area contributed by atoms with Crippen LogP contribution in [0.3, 0.4) is 0 Å². The first-order chi connectivity index (χ1) is 10.5. The molecule has 2 atom stereocenters. The van der Waals surface area contributed by atoms with E-state index in [-0.39, 0.29) is 0 Å². The van der Waals surface area contributed by atoms with Crippen molar-refractivity contribution < 1.29 is 0 Å². The SMILES string of the molecule is CCNC(=NCc1nncn1C)NC1CN(C(C)C)CC1C. The van der Waals surface area contributed by atoms with Gasteiger partial charge in [-0.05, 0) is 26.7 Å². The first kappa shape index (κ1) is 16.7. The van der Waals surface area contributed by atoms with Crippen molar-refractivity contribution in [2.45, 2.75) is 46.3 Å². The van der Waals surface area contributed by atoms with Crippen LogP contribution >= 0.6 is 0 Å². The highest BCUT2D eigenvalue weighted by Crippen LogP contribution is 2.18. The van der Waals surface area contributed by atoms with E-state index < -0.39 is 0 Å². The minimum Gasteiger partial charge on any atom is -0.357 e. The normalized spacial score (nSPS) is 23.3. The summed E-state index contributed by atoms with van der Waals surface area (Å²) in [7, 11) is 1.94. The molecule has 0 aliphatic carbocycles. The molecule has 0 amide bonds. The Hall–Kier alpha value is -1.63. The summed E-state index contributed by atoms with van der Waals surface area (Å²) in [5.74, 6) is 2.33. The lowest BCUT2D eigenvalue weighted by Gasteiger charge is -2.21. The van der Waals surface area contributed by atoms with E-state index in [1.165, 1.54) is 0 Å². The van der Waals surface area contributed by atoms with Crippen molar-refractivity contribution in [2.75, 3.05) is 19.6 Å². The van der Waals surface area contributed by atoms with Crippen LogP contribution in [0, 0.1) is 5.92 Å². The number of aryl methyl sites for hydroxylation is 1. The fourth-order valence-corrected chi connectivity index (χ4v) is 2.71. The quantitative estimate of drug-likeness (QED) is 0.616. The number of aromatic nitrogens is 3. The fraction of sp³-hybridized carbons (Fsp3) is 0.800. The molecule has 0 radical (unpaired) electrons. The Labute approximate surface area is 133 Å². The summed E-state index contributed by atoms with van der Waals surface area (Å²) in [5, 5.41) is 14.9. The number of hydrogen-bond acceptors (Lipinski definition) is 4. The minimum atomic E-state index is 0.430. The van der Waals surface area contributed by atoms with Gasteiger partial charge in [-0.3, -0.25) is 4.90 Å². The van der Waals surface area contributed by atoms with Crippen LogP contribution in [0.4, 0.5) is 0 Å². The van der Waals surface area contributed by atoms with Crippen LogP contribution in [0.5, 0.6) is 0 Å². The molecule has 2 heterocycles. The topological polar surface area (TPSA) is 70.4 Å². The molecule has 0 saturated carbocycles. The first-order valence-corrected chi connectivity index (χ1v) is 8.13. The summed E-state index contributed by atoms with van der Waals surface area (Å²) in [6.45, 7) is 12.5. The molecule has 1 aliphatic rings. The van der Waals surface area contributed by atoms with Crippen molar-refractivity contribution in [1.29, 1.82) is 0 Å². The highest BCUT2D eigenvalue weighted by molar-refractivity contribution is 5.80. The zero-order chi connectivity index (χ0) is 16.1. The molecule has 1 fully saturated rings. The summed E-state index contributed by atoms with van der Waals surface area (Å²) in [6.07, 6.45) is 1.70. The van der Waals surface area contributed by atoms with E-state index in [1.807, 2.05) is 11.6 Å². The third kappa shape index (κ3) is 4.19. The molecule has 1 aromatic rings. The largest absolute Gasteiger partial charge is 0.357 e. The Bertz CT molecular complexity index is 494. The highest BCUT2D eigenvalue weighted by atomic mass is 15.3. The number of nitrogens with zero attached hydrogens (tertiary/aromatic N) is 5. The van der Waals surface area contributed by atoms with Gasteiger partial charge in [0.15, 0.2) is 11.8 Å². The molecular formula is C15H29N7. The summed E-state index contributed by atoms with van der Waals surface area (Å²) >= 11 is 0. The van der Waals surface area contributed by atoms with Crippen molar-refractivity contribution in [2.24, 2.45) is 18.0 Å². The van der Waals surface area contributed by atoms with E-state index in [0.717, 1.165) is 31.4 Å². The molecule has 1 saturated heterocycles. The number of rotatable bonds is 5. The first-order valence-electron chi connectivity index (χ1n) is 8.13. The molecule has 0 spiro atoms. The highest BCUT2D eigenvalue weighted by Gasteiger charge is 2.31. The Morgan fingerprint density at radius 3 is 2.77 bits per heavy atom. The van der Waals surface area contributed by atoms with E-state index in [9.17, 15) is 0 Å². The zero-order valence-corrected chi connectivity index (χ0v) is 14.4. The third-order valence-electron chi connectivity index (χ3n) is 4.22. The van der Waals surface area contributed by atoms with Crippen molar-refractivity contribution in [3.8, 4) is 0 Å². The number of nitrogens with one attached hydrogen (secondary N) is 2. The second-order valence-corrected chi connectivity index (χ2v) is 6.33. The van der Waals surface area contributed by atoms with E-state index in [4.69, 9.17) is 0 Å². The van der Waals surface area contributed by atoms with Gasteiger partial charge in [-0.2, -0.15) is 0 Å². The van der Waals surface area contributed by atoms with Crippen LogP contribution in [-0.2, 0) is 13.6 Å². The zero-order valence-electron chi connectivity index (χ0n) is 14.4. The molecule has 7 heteroatoms. The third-order valence-corrected chi connectivity index (χ3v) is 4.22.